The molecule has 0 bridgehead atoms. The van der Waals surface area contributed by atoms with Crippen molar-refractivity contribution in [2.24, 2.45) is 0 Å². The number of thiophene rings is 1. The van der Waals surface area contributed by atoms with E-state index in [4.69, 9.17) is 18.9 Å². The van der Waals surface area contributed by atoms with Crippen LogP contribution in [0.25, 0.3) is 0 Å². The van der Waals surface area contributed by atoms with Crippen LogP contribution >= 0.6 is 23.1 Å². The third-order valence-electron chi connectivity index (χ3n) is 3.40. The number of thioether (sulfide) groups is 1. The summed E-state index contributed by atoms with van der Waals surface area (Å²) in [6.45, 7) is 1.57. The molecule has 1 N–H and O–H groups in total. The van der Waals surface area contributed by atoms with Gasteiger partial charge < -0.3 is 24.1 Å². The molecule has 4 heterocycles. The molecule has 0 spiro atoms. The molecule has 3 aliphatic rings. The summed E-state index contributed by atoms with van der Waals surface area (Å²) in [6, 6.07) is 0. The van der Waals surface area contributed by atoms with E-state index in [1.165, 1.54) is 0 Å². The SMILES string of the molecule is OCC1COC2=C(O1)C(c1scc3c1OCCO3)SC2. The zero-order valence-electron chi connectivity index (χ0n) is 10.7. The van der Waals surface area contributed by atoms with Gasteiger partial charge in [0, 0.05) is 5.38 Å². The van der Waals surface area contributed by atoms with Crippen LogP contribution in [0.1, 0.15) is 10.1 Å². The molecule has 0 aliphatic carbocycles. The Labute approximate surface area is 124 Å². The van der Waals surface area contributed by atoms with Gasteiger partial charge in [-0.05, 0) is 0 Å². The Hall–Kier alpha value is -1.05. The second-order valence-corrected chi connectivity index (χ2v) is 6.71. The molecule has 0 fully saturated rings. The largest absolute Gasteiger partial charge is 0.490 e. The summed E-state index contributed by atoms with van der Waals surface area (Å²) in [5, 5.41) is 11.3. The fourth-order valence-electron chi connectivity index (χ4n) is 2.45. The summed E-state index contributed by atoms with van der Waals surface area (Å²) >= 11 is 3.38. The molecule has 5 nitrogen and oxygen atoms in total. The van der Waals surface area contributed by atoms with Gasteiger partial charge in [-0.3, -0.25) is 0 Å². The van der Waals surface area contributed by atoms with Crippen LogP contribution in [0.2, 0.25) is 0 Å². The quantitative estimate of drug-likeness (QED) is 0.900. The van der Waals surface area contributed by atoms with Gasteiger partial charge in [0.25, 0.3) is 0 Å². The highest BCUT2D eigenvalue weighted by atomic mass is 32.2. The van der Waals surface area contributed by atoms with Gasteiger partial charge in [-0.2, -0.15) is 0 Å². The highest BCUT2D eigenvalue weighted by molar-refractivity contribution is 8.00. The number of rotatable bonds is 2. The third kappa shape index (κ3) is 1.96. The molecule has 1 aromatic rings. The smallest absolute Gasteiger partial charge is 0.176 e. The average Bonchev–Trinajstić information content (AvgIpc) is 3.09. The number of hydrogen-bond acceptors (Lipinski definition) is 7. The van der Waals surface area contributed by atoms with Crippen LogP contribution < -0.4 is 9.47 Å². The maximum atomic E-state index is 9.24. The molecule has 4 rings (SSSR count). The van der Waals surface area contributed by atoms with Crippen molar-refractivity contribution in [3.8, 4) is 11.5 Å². The van der Waals surface area contributed by atoms with Crippen molar-refractivity contribution >= 4 is 23.1 Å². The predicted octanol–water partition coefficient (Wildman–Crippen LogP) is 1.93. The van der Waals surface area contributed by atoms with Gasteiger partial charge in [0.1, 0.15) is 30.8 Å². The minimum Gasteiger partial charge on any atom is -0.490 e. The Morgan fingerprint density at radius 1 is 1.25 bits per heavy atom. The first-order valence-electron chi connectivity index (χ1n) is 6.48. The van der Waals surface area contributed by atoms with Crippen LogP contribution in [0.15, 0.2) is 16.9 Å². The van der Waals surface area contributed by atoms with Gasteiger partial charge in [-0.25, -0.2) is 0 Å². The molecule has 1 aromatic heterocycles. The zero-order valence-corrected chi connectivity index (χ0v) is 12.3. The van der Waals surface area contributed by atoms with E-state index in [-0.39, 0.29) is 18.0 Å². The van der Waals surface area contributed by atoms with Crippen molar-refractivity contribution in [3.63, 3.8) is 0 Å². The summed E-state index contributed by atoms with van der Waals surface area (Å²) in [7, 11) is 0. The molecular formula is C13H14O5S2. The first kappa shape index (κ1) is 12.7. The average molecular weight is 314 g/mol. The van der Waals surface area contributed by atoms with E-state index < -0.39 is 0 Å². The molecular weight excluding hydrogens is 300 g/mol. The van der Waals surface area contributed by atoms with Crippen molar-refractivity contribution in [3.05, 3.63) is 21.8 Å². The van der Waals surface area contributed by atoms with Crippen molar-refractivity contribution in [1.82, 2.24) is 0 Å². The van der Waals surface area contributed by atoms with E-state index in [0.29, 0.717) is 19.8 Å². The summed E-state index contributed by atoms with van der Waals surface area (Å²) < 4.78 is 22.9. The van der Waals surface area contributed by atoms with Gasteiger partial charge >= 0.3 is 0 Å². The molecule has 108 valence electrons. The third-order valence-corrected chi connectivity index (χ3v) is 5.77. The van der Waals surface area contributed by atoms with E-state index in [0.717, 1.165) is 33.6 Å². The number of fused-ring (bicyclic) bond motifs is 1. The Kier molecular flexibility index (Phi) is 3.20. The molecule has 2 unspecified atom stereocenters. The van der Waals surface area contributed by atoms with Crippen LogP contribution in [0.5, 0.6) is 11.5 Å². The number of aliphatic hydroxyl groups excluding tert-OH is 1. The Morgan fingerprint density at radius 2 is 2.15 bits per heavy atom. The highest BCUT2D eigenvalue weighted by Gasteiger charge is 2.39. The van der Waals surface area contributed by atoms with Crippen LogP contribution in [0, 0.1) is 0 Å². The van der Waals surface area contributed by atoms with E-state index in [1.807, 2.05) is 5.38 Å². The number of hydrogen-bond donors (Lipinski definition) is 1. The van der Waals surface area contributed by atoms with Gasteiger partial charge in [0.2, 0.25) is 0 Å². The lowest BCUT2D eigenvalue weighted by atomic mass is 10.2. The molecule has 7 heteroatoms. The van der Waals surface area contributed by atoms with Gasteiger partial charge in [-0.15, -0.1) is 23.1 Å². The van der Waals surface area contributed by atoms with Crippen molar-refractivity contribution in [2.45, 2.75) is 11.4 Å². The standard InChI is InChI=1S/C13H14O5S2/c14-3-7-4-17-9-6-20-13(11(9)18-7)12-10-8(5-19-12)15-1-2-16-10/h5,7,13-14H,1-4,6H2. The normalized spacial score (nSPS) is 27.9. The second-order valence-electron chi connectivity index (χ2n) is 4.70. The first-order chi connectivity index (χ1) is 9.86. The van der Waals surface area contributed by atoms with Gasteiger partial charge in [-0.1, -0.05) is 0 Å². The fourth-order valence-corrected chi connectivity index (χ4v) is 4.87. The zero-order chi connectivity index (χ0) is 13.5. The summed E-state index contributed by atoms with van der Waals surface area (Å²) in [6.07, 6.45) is -0.275. The molecule has 0 aromatic carbocycles. The molecule has 20 heavy (non-hydrogen) atoms. The van der Waals surface area contributed by atoms with E-state index >= 15 is 0 Å². The highest BCUT2D eigenvalue weighted by Crippen LogP contribution is 2.54. The number of aliphatic hydroxyl groups is 1. The van der Waals surface area contributed by atoms with Crippen LogP contribution in [0.3, 0.4) is 0 Å². The first-order valence-corrected chi connectivity index (χ1v) is 8.41. The van der Waals surface area contributed by atoms with Gasteiger partial charge in [0.05, 0.1) is 17.2 Å². The maximum Gasteiger partial charge on any atom is 0.176 e. The Bertz CT molecular complexity index is 553. The molecule has 3 aliphatic heterocycles. The van der Waals surface area contributed by atoms with Gasteiger partial charge in [0.15, 0.2) is 23.4 Å². The minimum absolute atomic E-state index is 0.0314. The summed E-state index contributed by atoms with van der Waals surface area (Å²) in [5.41, 5.74) is 0. The van der Waals surface area contributed by atoms with E-state index in [2.05, 4.69) is 0 Å². The van der Waals surface area contributed by atoms with Crippen molar-refractivity contribution in [2.75, 3.05) is 32.2 Å². The molecule has 2 atom stereocenters. The molecule has 0 radical (unpaired) electrons. The Morgan fingerprint density at radius 3 is 3.05 bits per heavy atom. The van der Waals surface area contributed by atoms with Crippen LogP contribution in [-0.2, 0) is 9.47 Å². The second kappa shape index (κ2) is 5.05. The summed E-state index contributed by atoms with van der Waals surface area (Å²) in [4.78, 5) is 1.11. The maximum absolute atomic E-state index is 9.24. The lowest BCUT2D eigenvalue weighted by Crippen LogP contribution is -2.28. The van der Waals surface area contributed by atoms with E-state index in [1.54, 1.807) is 23.1 Å². The molecule has 0 saturated heterocycles. The topological polar surface area (TPSA) is 57.2 Å². The summed E-state index contributed by atoms with van der Waals surface area (Å²) in [5.74, 6) is 4.18. The minimum atomic E-state index is -0.275. The fraction of sp³-hybridized carbons (Fsp3) is 0.538. The lowest BCUT2D eigenvalue weighted by Gasteiger charge is -2.26. The predicted molar refractivity (Wildman–Crippen MR) is 75.4 cm³/mol. The number of ether oxygens (including phenoxy) is 4. The van der Waals surface area contributed by atoms with Crippen LogP contribution in [0.4, 0.5) is 0 Å². The molecule has 0 saturated carbocycles. The Balaban J connectivity index is 1.66. The van der Waals surface area contributed by atoms with Crippen LogP contribution in [-0.4, -0.2) is 43.4 Å². The van der Waals surface area contributed by atoms with Crippen molar-refractivity contribution in [1.29, 1.82) is 0 Å². The molecule has 0 amide bonds. The monoisotopic (exact) mass is 314 g/mol. The van der Waals surface area contributed by atoms with Crippen molar-refractivity contribution < 1.29 is 24.1 Å². The lowest BCUT2D eigenvalue weighted by molar-refractivity contribution is -0.0303. The van der Waals surface area contributed by atoms with E-state index in [9.17, 15) is 5.11 Å².